The number of phenols is 2. The number of hydrogen-bond donors (Lipinski definition) is 9. The van der Waals surface area contributed by atoms with E-state index in [1.807, 2.05) is 0 Å². The minimum Gasteiger partial charge on any atom is -0.505 e. The zero-order valence-corrected chi connectivity index (χ0v) is 31.5. The van der Waals surface area contributed by atoms with Gasteiger partial charge in [-0.2, -0.15) is 47.2 Å². The molecular weight excluding hydrogens is 873 g/mol. The lowest BCUT2D eigenvalue weighted by molar-refractivity contribution is 0.458. The van der Waals surface area contributed by atoms with Gasteiger partial charge in [-0.1, -0.05) is 0 Å². The smallest absolute Gasteiger partial charge is 0.296 e. The lowest BCUT2D eigenvalue weighted by Crippen LogP contribution is -2.02. The van der Waals surface area contributed by atoms with Crippen LogP contribution in [0.2, 0.25) is 0 Å². The molecule has 0 fully saturated rings. The molecule has 1 heterocycles. The van der Waals surface area contributed by atoms with Crippen LogP contribution in [0.1, 0.15) is 5.69 Å². The number of nitrogens with one attached hydrogen (secondary N) is 2. The van der Waals surface area contributed by atoms with Crippen molar-refractivity contribution in [3.8, 4) is 11.5 Å². The van der Waals surface area contributed by atoms with Crippen LogP contribution in [0.25, 0.3) is 10.8 Å². The summed E-state index contributed by atoms with van der Waals surface area (Å²) in [7, 11) is -26.6. The number of benzene rings is 4. The van der Waals surface area contributed by atoms with E-state index in [1.54, 1.807) is 0 Å². The number of fused-ring (bicyclic) bond motifs is 1. The van der Waals surface area contributed by atoms with Crippen LogP contribution in [-0.4, -0.2) is 85.3 Å². The van der Waals surface area contributed by atoms with Gasteiger partial charge >= 0.3 is 0 Å². The summed E-state index contributed by atoms with van der Waals surface area (Å²) in [6, 6.07) is 4.60. The van der Waals surface area contributed by atoms with Crippen molar-refractivity contribution in [3.05, 3.63) is 64.6 Å². The van der Waals surface area contributed by atoms with E-state index in [9.17, 15) is 79.9 Å². The summed E-state index contributed by atoms with van der Waals surface area (Å²) >= 11 is 0. The number of azo groups is 3. The quantitative estimate of drug-likeness (QED) is 0.0666. The number of aromatic nitrogens is 2. The maximum Gasteiger partial charge on any atom is 0.296 e. The Bertz CT molecular complexity index is 3270. The van der Waals surface area contributed by atoms with E-state index in [0.717, 1.165) is 12.1 Å². The van der Waals surface area contributed by atoms with Crippen molar-refractivity contribution in [1.82, 2.24) is 10.2 Å². The average Bonchev–Trinajstić information content (AvgIpc) is 3.39. The zero-order chi connectivity index (χ0) is 42.6. The number of hydrogen-bond acceptors (Lipinski definition) is 19. The van der Waals surface area contributed by atoms with Gasteiger partial charge in [0, 0.05) is 0 Å². The second kappa shape index (κ2) is 14.6. The molecule has 0 unspecified atom stereocenters. The van der Waals surface area contributed by atoms with Crippen LogP contribution in [0, 0.1) is 6.92 Å². The van der Waals surface area contributed by atoms with Gasteiger partial charge in [-0.05, 0) is 60.8 Å². The summed E-state index contributed by atoms with van der Waals surface area (Å²) in [5.74, 6) is -2.98. The van der Waals surface area contributed by atoms with E-state index in [0.29, 0.717) is 36.4 Å². The minimum atomic E-state index is -5.55. The Labute approximate surface area is 317 Å². The molecule has 26 nitrogen and oxygen atoms in total. The molecule has 0 atom stereocenters. The largest absolute Gasteiger partial charge is 0.505 e. The van der Waals surface area contributed by atoms with Crippen LogP contribution in [-0.2, 0) is 50.6 Å². The molecule has 0 saturated heterocycles. The topological polar surface area (TPSA) is 435 Å². The molecule has 31 heteroatoms. The van der Waals surface area contributed by atoms with Crippen LogP contribution in [0.5, 0.6) is 11.5 Å². The lowest BCUT2D eigenvalue weighted by Gasteiger charge is -2.13. The molecule has 0 aliphatic heterocycles. The summed E-state index contributed by atoms with van der Waals surface area (Å²) in [6.07, 6.45) is 0. The van der Waals surface area contributed by atoms with E-state index in [-0.39, 0.29) is 17.1 Å². The number of H-pyrrole nitrogens is 2. The number of phenolic OH excluding ortho intramolecular Hbond substituents is 2. The van der Waals surface area contributed by atoms with Gasteiger partial charge in [0.25, 0.3) is 56.1 Å². The first-order valence-electron chi connectivity index (χ1n) is 14.3. The van der Waals surface area contributed by atoms with Crippen LogP contribution < -0.4 is 5.56 Å². The second-order valence-electron chi connectivity index (χ2n) is 11.1. The first-order chi connectivity index (χ1) is 26.1. The fraction of sp³-hybridized carbons (Fsp3) is 0.0385. The molecule has 0 amide bonds. The number of aryl methyl sites for hydroxylation is 1. The first kappa shape index (κ1) is 42.2. The van der Waals surface area contributed by atoms with Gasteiger partial charge in [0.05, 0.1) is 21.7 Å². The summed E-state index contributed by atoms with van der Waals surface area (Å²) < 4.78 is 170. The van der Waals surface area contributed by atoms with Crippen molar-refractivity contribution in [1.29, 1.82) is 0 Å². The fourth-order valence-electron chi connectivity index (χ4n) is 4.73. The molecule has 0 saturated carbocycles. The summed E-state index contributed by atoms with van der Waals surface area (Å²) in [5, 5.41) is 46.3. The molecule has 4 aromatic carbocycles. The number of aromatic hydroxyl groups is 2. The maximum atomic E-state index is 12.4. The van der Waals surface area contributed by atoms with Crippen LogP contribution in [0.3, 0.4) is 0 Å². The molecule has 0 bridgehead atoms. The fourth-order valence-corrected chi connectivity index (χ4v) is 7.79. The molecular formula is C26H20N8O18S5. The Morgan fingerprint density at radius 2 is 0.982 bits per heavy atom. The summed E-state index contributed by atoms with van der Waals surface area (Å²) in [5.41, 5.74) is -5.46. The van der Waals surface area contributed by atoms with Gasteiger partial charge < -0.3 is 15.3 Å². The Balaban J connectivity index is 1.75. The number of aromatic amines is 2. The minimum absolute atomic E-state index is 0.192. The number of nitrogens with zero attached hydrogens (tertiary/aromatic N) is 6. The highest BCUT2D eigenvalue weighted by atomic mass is 32.2. The highest BCUT2D eigenvalue weighted by molar-refractivity contribution is 7.87. The van der Waals surface area contributed by atoms with Crippen molar-refractivity contribution in [3.63, 3.8) is 0 Å². The standard InChI is InChI=1S/C26H20N8O18S5/c1-10-21(26(37)34-27-10)31-28-12-2-4-14(17(8-12)55(44,45)46)29-32-22-18(56(47,48)49)6-11-7-19(57(50,51)52)23(25(36)20(11)24(22)35)33-30-15-9-13(53(38,39)40)3-5-16(15)54(41,42)43/h2-9,35-36H,1H3,(H2,27,34,37)(H,38,39,40)(H,41,42,43)(H,44,45,46)(H,47,48,49)(H,50,51,52). The van der Waals surface area contributed by atoms with E-state index in [2.05, 4.69) is 40.9 Å². The molecule has 0 spiro atoms. The molecule has 9 N–H and O–H groups in total. The predicted molar refractivity (Wildman–Crippen MR) is 188 cm³/mol. The Morgan fingerprint density at radius 1 is 0.491 bits per heavy atom. The third-order valence-corrected chi connectivity index (χ3v) is 11.6. The number of rotatable bonds is 11. The van der Waals surface area contributed by atoms with Gasteiger partial charge in [0.2, 0.25) is 0 Å². The highest BCUT2D eigenvalue weighted by Crippen LogP contribution is 2.50. The van der Waals surface area contributed by atoms with Crippen LogP contribution >= 0.6 is 0 Å². The van der Waals surface area contributed by atoms with Crippen molar-refractivity contribution in [2.24, 2.45) is 30.7 Å². The third kappa shape index (κ3) is 8.90. The van der Waals surface area contributed by atoms with Crippen molar-refractivity contribution in [2.75, 3.05) is 0 Å². The SMILES string of the molecule is Cc1[nH][nH]c(=O)c1N=Nc1ccc(N=Nc2c(S(=O)(=O)O)cc3cc(S(=O)(=O)O)c(N=Nc4cc(S(=O)(=O)O)ccc4S(=O)(=O)O)c(O)c3c2O)c(S(=O)(=O)O)c1. The van der Waals surface area contributed by atoms with Crippen LogP contribution in [0.15, 0.2) is 108 Å². The van der Waals surface area contributed by atoms with Crippen molar-refractivity contribution < 1.29 is 75.1 Å². The first-order valence-corrected chi connectivity index (χ1v) is 21.5. The van der Waals surface area contributed by atoms with E-state index >= 15 is 0 Å². The predicted octanol–water partition coefficient (Wildman–Crippen LogP) is 4.06. The van der Waals surface area contributed by atoms with E-state index < -0.39 is 126 Å². The summed E-state index contributed by atoms with van der Waals surface area (Å²) in [6.45, 7) is 1.46. The van der Waals surface area contributed by atoms with E-state index in [1.165, 1.54) is 6.92 Å². The molecule has 0 aliphatic carbocycles. The molecule has 0 radical (unpaired) electrons. The van der Waals surface area contributed by atoms with Gasteiger partial charge in [-0.25, -0.2) is 0 Å². The molecule has 0 aliphatic rings. The van der Waals surface area contributed by atoms with Gasteiger partial charge in [0.15, 0.2) is 17.2 Å². The monoisotopic (exact) mass is 892 g/mol. The summed E-state index contributed by atoms with van der Waals surface area (Å²) in [4.78, 5) is 5.78. The Morgan fingerprint density at radius 3 is 1.44 bits per heavy atom. The van der Waals surface area contributed by atoms with Crippen LogP contribution in [0.4, 0.5) is 34.1 Å². The second-order valence-corrected chi connectivity index (χ2v) is 18.0. The Kier molecular flexibility index (Phi) is 10.8. The third-order valence-electron chi connectivity index (χ3n) is 7.25. The van der Waals surface area contributed by atoms with Gasteiger partial charge in [-0.3, -0.25) is 32.7 Å². The van der Waals surface area contributed by atoms with Gasteiger partial charge in [0.1, 0.15) is 42.3 Å². The van der Waals surface area contributed by atoms with E-state index in [4.69, 9.17) is 0 Å². The molecule has 302 valence electrons. The molecule has 5 aromatic rings. The lowest BCUT2D eigenvalue weighted by atomic mass is 10.1. The normalized spacial score (nSPS) is 13.4. The molecule has 1 aromatic heterocycles. The van der Waals surface area contributed by atoms with Crippen molar-refractivity contribution >= 4 is 95.5 Å². The van der Waals surface area contributed by atoms with Gasteiger partial charge in [-0.15, -0.1) is 25.6 Å². The zero-order valence-electron chi connectivity index (χ0n) is 27.5. The van der Waals surface area contributed by atoms with Crippen molar-refractivity contribution in [2.45, 2.75) is 31.4 Å². The molecule has 5 rings (SSSR count). The maximum absolute atomic E-state index is 12.4. The Hall–Kier alpha value is -5.90. The molecule has 57 heavy (non-hydrogen) atoms. The average molecular weight is 893 g/mol. The highest BCUT2D eigenvalue weighted by Gasteiger charge is 2.30.